The van der Waals surface area contributed by atoms with Gasteiger partial charge in [0.25, 0.3) is 5.91 Å². The largest absolute Gasteiger partial charge is 0.490 e. The highest BCUT2D eigenvalue weighted by Gasteiger charge is 2.23. The zero-order chi connectivity index (χ0) is 17.8. The lowest BCUT2D eigenvalue weighted by atomic mass is 10.1. The molecule has 2 N–H and O–H groups in total. The van der Waals surface area contributed by atoms with Crippen LogP contribution < -0.4 is 10.1 Å². The minimum Gasteiger partial charge on any atom is -0.490 e. The van der Waals surface area contributed by atoms with Gasteiger partial charge in [0.15, 0.2) is 0 Å². The lowest BCUT2D eigenvalue weighted by Gasteiger charge is -2.14. The normalized spacial score (nSPS) is 19.1. The molecule has 1 aromatic carbocycles. The van der Waals surface area contributed by atoms with Crippen LogP contribution in [-0.4, -0.2) is 39.2 Å². The fourth-order valence-electron chi connectivity index (χ4n) is 2.43. The number of fused-ring (bicyclic) bond motifs is 4. The van der Waals surface area contributed by atoms with Gasteiger partial charge in [-0.15, -0.1) is 0 Å². The number of hydrogen-bond acceptors (Lipinski definition) is 4. The summed E-state index contributed by atoms with van der Waals surface area (Å²) in [6.45, 7) is 0.925. The van der Waals surface area contributed by atoms with Crippen LogP contribution in [0.1, 0.15) is 16.1 Å². The number of ether oxygens (including phenoxy) is 1. The van der Waals surface area contributed by atoms with Crippen molar-refractivity contribution in [3.63, 3.8) is 0 Å². The van der Waals surface area contributed by atoms with Gasteiger partial charge in [-0.2, -0.15) is 0 Å². The first-order valence-electron chi connectivity index (χ1n) is 7.64. The lowest BCUT2D eigenvalue weighted by Crippen LogP contribution is -2.42. The van der Waals surface area contributed by atoms with Gasteiger partial charge in [-0.1, -0.05) is 17.7 Å². The number of carbonyl (C=O) groups is 2. The maximum absolute atomic E-state index is 12.5. The Balaban J connectivity index is 1.94. The molecule has 0 saturated heterocycles. The Morgan fingerprint density at radius 2 is 2.24 bits per heavy atom. The van der Waals surface area contributed by atoms with E-state index in [2.05, 4.69) is 10.3 Å². The van der Waals surface area contributed by atoms with Crippen LogP contribution in [0.5, 0.6) is 5.75 Å². The van der Waals surface area contributed by atoms with Crippen molar-refractivity contribution in [2.45, 2.75) is 19.0 Å². The molecule has 8 heteroatoms. The Bertz CT molecular complexity index is 831. The Morgan fingerprint density at radius 1 is 1.40 bits per heavy atom. The van der Waals surface area contributed by atoms with Crippen molar-refractivity contribution >= 4 is 23.5 Å². The van der Waals surface area contributed by atoms with Crippen molar-refractivity contribution < 1.29 is 19.4 Å². The first kappa shape index (κ1) is 17.0. The number of rotatable bonds is 1. The Hall–Kier alpha value is -2.80. The van der Waals surface area contributed by atoms with Crippen LogP contribution >= 0.6 is 11.6 Å². The number of carbonyl (C=O) groups excluding carboxylic acids is 1. The number of hydrogen-bond donors (Lipinski definition) is 2. The average Bonchev–Trinajstić information content (AvgIpc) is 3.01. The SMILES string of the molecule is O=C1N[C@@H](C(=O)O)Cc2cn(cn2)C/C=C/COc2ccc(Cl)c1c2. The van der Waals surface area contributed by atoms with Gasteiger partial charge in [-0.25, -0.2) is 9.78 Å². The van der Waals surface area contributed by atoms with E-state index in [1.807, 2.05) is 16.7 Å². The lowest BCUT2D eigenvalue weighted by molar-refractivity contribution is -0.139. The van der Waals surface area contributed by atoms with Crippen molar-refractivity contribution in [1.29, 1.82) is 0 Å². The minimum atomic E-state index is -1.14. The summed E-state index contributed by atoms with van der Waals surface area (Å²) in [5.41, 5.74) is 0.738. The van der Waals surface area contributed by atoms with E-state index in [-0.39, 0.29) is 17.0 Å². The highest BCUT2D eigenvalue weighted by Crippen LogP contribution is 2.22. The summed E-state index contributed by atoms with van der Waals surface area (Å²) in [6.07, 6.45) is 7.21. The van der Waals surface area contributed by atoms with Crippen LogP contribution in [0, 0.1) is 0 Å². The molecule has 1 aliphatic rings. The molecule has 2 heterocycles. The molecular weight excluding hydrogens is 346 g/mol. The molecule has 0 saturated carbocycles. The molecule has 3 rings (SSSR count). The molecule has 0 fully saturated rings. The van der Waals surface area contributed by atoms with Gasteiger partial charge in [0.2, 0.25) is 0 Å². The fourth-order valence-corrected chi connectivity index (χ4v) is 2.64. The monoisotopic (exact) mass is 361 g/mol. The van der Waals surface area contributed by atoms with E-state index in [1.54, 1.807) is 24.7 Å². The molecule has 0 aliphatic carbocycles. The number of allylic oxidation sites excluding steroid dienone is 1. The van der Waals surface area contributed by atoms with Crippen molar-refractivity contribution in [3.8, 4) is 5.75 Å². The van der Waals surface area contributed by atoms with Crippen molar-refractivity contribution in [2.24, 2.45) is 0 Å². The highest BCUT2D eigenvalue weighted by molar-refractivity contribution is 6.34. The number of aromatic nitrogens is 2. The third-order valence-electron chi connectivity index (χ3n) is 3.71. The van der Waals surface area contributed by atoms with Crippen molar-refractivity contribution in [3.05, 3.63) is 59.2 Å². The number of nitrogens with one attached hydrogen (secondary N) is 1. The molecule has 2 aromatic rings. The van der Waals surface area contributed by atoms with E-state index in [9.17, 15) is 14.7 Å². The average molecular weight is 362 g/mol. The molecule has 25 heavy (non-hydrogen) atoms. The van der Waals surface area contributed by atoms with Crippen LogP contribution in [0.4, 0.5) is 0 Å². The van der Waals surface area contributed by atoms with Crippen LogP contribution in [-0.2, 0) is 17.8 Å². The fraction of sp³-hybridized carbons (Fsp3) is 0.235. The van der Waals surface area contributed by atoms with Gasteiger partial charge >= 0.3 is 5.97 Å². The number of halogens is 1. The van der Waals surface area contributed by atoms with Crippen LogP contribution in [0.15, 0.2) is 42.9 Å². The van der Waals surface area contributed by atoms with Crippen molar-refractivity contribution in [1.82, 2.24) is 14.9 Å². The number of carboxylic acid groups (broad SMARTS) is 1. The molecule has 1 atom stereocenters. The van der Waals surface area contributed by atoms with Gasteiger partial charge < -0.3 is 19.7 Å². The van der Waals surface area contributed by atoms with Gasteiger partial charge in [-0.05, 0) is 24.3 Å². The Kier molecular flexibility index (Phi) is 5.04. The molecule has 4 bridgehead atoms. The summed E-state index contributed by atoms with van der Waals surface area (Å²) in [5.74, 6) is -1.24. The van der Waals surface area contributed by atoms with E-state index in [4.69, 9.17) is 16.3 Å². The van der Waals surface area contributed by atoms with Crippen LogP contribution in [0.25, 0.3) is 0 Å². The predicted octanol–water partition coefficient (Wildman–Crippen LogP) is 1.91. The molecule has 1 amide bonds. The minimum absolute atomic E-state index is 0.0750. The van der Waals surface area contributed by atoms with Gasteiger partial charge in [0.05, 0.1) is 22.6 Å². The summed E-state index contributed by atoms with van der Waals surface area (Å²) in [6, 6.07) is 3.58. The summed E-state index contributed by atoms with van der Waals surface area (Å²) < 4.78 is 7.39. The quantitative estimate of drug-likeness (QED) is 0.757. The van der Waals surface area contributed by atoms with Gasteiger partial charge in [0.1, 0.15) is 18.4 Å². The maximum Gasteiger partial charge on any atom is 0.326 e. The summed E-state index contributed by atoms with van der Waals surface area (Å²) >= 11 is 6.07. The molecule has 0 spiro atoms. The molecular formula is C17H16ClN3O4. The third kappa shape index (κ3) is 4.19. The number of benzene rings is 1. The molecule has 0 radical (unpaired) electrons. The molecule has 1 aliphatic heterocycles. The van der Waals surface area contributed by atoms with E-state index in [1.165, 1.54) is 6.07 Å². The Morgan fingerprint density at radius 3 is 3.04 bits per heavy atom. The number of carboxylic acids is 1. The zero-order valence-corrected chi connectivity index (χ0v) is 13.9. The molecule has 0 unspecified atom stereocenters. The third-order valence-corrected chi connectivity index (χ3v) is 4.04. The van der Waals surface area contributed by atoms with Gasteiger partial charge in [-0.3, -0.25) is 4.79 Å². The standard InChI is InChI=1S/C17H16ClN3O4/c18-14-4-3-12-8-13(14)16(22)20-15(17(23)24)7-11-9-21(10-19-11)5-1-2-6-25-12/h1-4,8-10,15H,5-7H2,(H,20,22)(H,23,24)/b2-1+/t15-/m1/s1. The zero-order valence-electron chi connectivity index (χ0n) is 13.2. The smallest absolute Gasteiger partial charge is 0.326 e. The molecule has 1 aromatic heterocycles. The molecule has 7 nitrogen and oxygen atoms in total. The second kappa shape index (κ2) is 7.40. The number of imidazole rings is 1. The first-order chi connectivity index (χ1) is 12.0. The summed E-state index contributed by atoms with van der Waals surface area (Å²) in [4.78, 5) is 28.1. The van der Waals surface area contributed by atoms with E-state index in [0.717, 1.165) is 0 Å². The second-order valence-electron chi connectivity index (χ2n) is 5.55. The van der Waals surface area contributed by atoms with Gasteiger partial charge in [0, 0.05) is 19.2 Å². The van der Waals surface area contributed by atoms with Crippen molar-refractivity contribution in [2.75, 3.05) is 6.61 Å². The Labute approximate surface area is 148 Å². The number of nitrogens with zero attached hydrogens (tertiary/aromatic N) is 2. The van der Waals surface area contributed by atoms with E-state index < -0.39 is 17.9 Å². The van der Waals surface area contributed by atoms with E-state index >= 15 is 0 Å². The first-order valence-corrected chi connectivity index (χ1v) is 8.02. The van der Waals surface area contributed by atoms with Crippen LogP contribution in [0.2, 0.25) is 5.02 Å². The number of aliphatic carboxylic acids is 1. The van der Waals surface area contributed by atoms with Crippen LogP contribution in [0.3, 0.4) is 0 Å². The second-order valence-corrected chi connectivity index (χ2v) is 5.96. The highest BCUT2D eigenvalue weighted by atomic mass is 35.5. The predicted molar refractivity (Wildman–Crippen MR) is 90.9 cm³/mol. The maximum atomic E-state index is 12.5. The topological polar surface area (TPSA) is 93.5 Å². The van der Waals surface area contributed by atoms with E-state index in [0.29, 0.717) is 24.6 Å². The molecule has 130 valence electrons. The number of amides is 1. The summed E-state index contributed by atoms with van der Waals surface area (Å²) in [5, 5.41) is 12.1. The summed E-state index contributed by atoms with van der Waals surface area (Å²) in [7, 11) is 0.